The molecular formula is C17H14BBrO. The Labute approximate surface area is 128 Å². The van der Waals surface area contributed by atoms with Crippen LogP contribution in [0.1, 0.15) is 24.0 Å². The van der Waals surface area contributed by atoms with Crippen molar-refractivity contribution < 1.29 is 4.74 Å². The summed E-state index contributed by atoms with van der Waals surface area (Å²) in [7, 11) is 6.05. The van der Waals surface area contributed by atoms with Crippen molar-refractivity contribution in [1.29, 1.82) is 0 Å². The molecule has 3 heteroatoms. The van der Waals surface area contributed by atoms with Crippen LogP contribution in [0.2, 0.25) is 0 Å². The fourth-order valence-corrected chi connectivity index (χ4v) is 4.10. The molecule has 1 saturated heterocycles. The minimum atomic E-state index is 0.0854. The average Bonchev–Trinajstić information content (AvgIpc) is 2.70. The molecule has 1 spiro atoms. The first-order chi connectivity index (χ1) is 9.71. The van der Waals surface area contributed by atoms with Crippen LogP contribution in [0, 0.1) is 0 Å². The smallest absolute Gasteiger partial charge is 0.113 e. The summed E-state index contributed by atoms with van der Waals surface area (Å²) in [4.78, 5) is 0. The predicted molar refractivity (Wildman–Crippen MR) is 85.8 cm³/mol. The highest BCUT2D eigenvalue weighted by molar-refractivity contribution is 9.10. The summed E-state index contributed by atoms with van der Waals surface area (Å²) in [6.45, 7) is 1.64. The van der Waals surface area contributed by atoms with Crippen LogP contribution >= 0.6 is 15.9 Å². The minimum absolute atomic E-state index is 0.0854. The lowest BCUT2D eigenvalue weighted by Crippen LogP contribution is -2.33. The standard InChI is InChI=1S/C17H14BBrO/c18-11-1-3-13-14-4-2-12(19)10-16(14)17(15(13)9-11)5-7-20-8-6-17/h1-4,9-10H,5-8H2. The number of hydrogen-bond donors (Lipinski definition) is 0. The number of hydrogen-bond acceptors (Lipinski definition) is 1. The summed E-state index contributed by atoms with van der Waals surface area (Å²) in [6, 6.07) is 13.0. The maximum atomic E-state index is 6.05. The number of ether oxygens (including phenoxy) is 1. The Morgan fingerprint density at radius 2 is 1.60 bits per heavy atom. The Kier molecular flexibility index (Phi) is 2.83. The lowest BCUT2D eigenvalue weighted by molar-refractivity contribution is 0.0644. The van der Waals surface area contributed by atoms with Crippen LogP contribution in [-0.4, -0.2) is 21.1 Å². The van der Waals surface area contributed by atoms with Crippen molar-refractivity contribution in [3.63, 3.8) is 0 Å². The first-order valence-electron chi connectivity index (χ1n) is 6.99. The largest absolute Gasteiger partial charge is 0.381 e. The summed E-state index contributed by atoms with van der Waals surface area (Å²) >= 11 is 3.62. The van der Waals surface area contributed by atoms with Crippen molar-refractivity contribution in [3.8, 4) is 11.1 Å². The van der Waals surface area contributed by atoms with Gasteiger partial charge in [0.25, 0.3) is 0 Å². The van der Waals surface area contributed by atoms with Crippen LogP contribution in [0.5, 0.6) is 0 Å². The van der Waals surface area contributed by atoms with Crippen LogP contribution in [0.3, 0.4) is 0 Å². The van der Waals surface area contributed by atoms with E-state index in [0.29, 0.717) is 0 Å². The summed E-state index contributed by atoms with van der Waals surface area (Å²) in [5.74, 6) is 0. The van der Waals surface area contributed by atoms with E-state index in [9.17, 15) is 0 Å². The molecule has 2 aromatic rings. The van der Waals surface area contributed by atoms with Gasteiger partial charge in [-0.25, -0.2) is 0 Å². The molecule has 0 amide bonds. The SMILES string of the molecule is [B]c1ccc2c(c1)C1(CCOCC1)c1cc(Br)ccc1-2. The maximum Gasteiger partial charge on any atom is 0.113 e. The van der Waals surface area contributed by atoms with Crippen LogP contribution in [0.4, 0.5) is 0 Å². The number of halogens is 1. The van der Waals surface area contributed by atoms with Crippen LogP contribution in [-0.2, 0) is 10.2 Å². The highest BCUT2D eigenvalue weighted by Crippen LogP contribution is 2.53. The first kappa shape index (κ1) is 12.7. The Balaban J connectivity index is 2.03. The van der Waals surface area contributed by atoms with Gasteiger partial charge < -0.3 is 4.74 Å². The van der Waals surface area contributed by atoms with E-state index in [2.05, 4.69) is 46.3 Å². The van der Waals surface area contributed by atoms with E-state index in [-0.39, 0.29) is 5.41 Å². The molecule has 1 aliphatic carbocycles. The summed E-state index contributed by atoms with van der Waals surface area (Å²) in [5.41, 5.74) is 6.43. The molecule has 0 saturated carbocycles. The molecule has 1 heterocycles. The summed E-state index contributed by atoms with van der Waals surface area (Å²) in [5, 5.41) is 0. The lowest BCUT2D eigenvalue weighted by atomic mass is 9.71. The number of rotatable bonds is 0. The topological polar surface area (TPSA) is 9.23 Å². The average molecular weight is 325 g/mol. The zero-order valence-corrected chi connectivity index (χ0v) is 12.7. The normalized spacial score (nSPS) is 18.9. The summed E-state index contributed by atoms with van der Waals surface area (Å²) < 4.78 is 6.75. The molecule has 1 aliphatic heterocycles. The van der Waals surface area contributed by atoms with Gasteiger partial charge in [-0.3, -0.25) is 0 Å². The van der Waals surface area contributed by atoms with E-state index >= 15 is 0 Å². The molecule has 1 nitrogen and oxygen atoms in total. The second kappa shape index (κ2) is 4.47. The molecule has 2 aliphatic rings. The fourth-order valence-electron chi connectivity index (χ4n) is 3.74. The molecule has 0 N–H and O–H groups in total. The second-order valence-corrected chi connectivity index (χ2v) is 6.61. The van der Waals surface area contributed by atoms with Gasteiger partial charge in [0.15, 0.2) is 0 Å². The van der Waals surface area contributed by atoms with Crippen LogP contribution in [0.15, 0.2) is 40.9 Å². The molecule has 2 aromatic carbocycles. The van der Waals surface area contributed by atoms with Crippen molar-refractivity contribution in [3.05, 3.63) is 52.0 Å². The molecule has 0 unspecified atom stereocenters. The molecule has 0 atom stereocenters. The Morgan fingerprint density at radius 3 is 2.35 bits per heavy atom. The van der Waals surface area contributed by atoms with E-state index < -0.39 is 0 Å². The Hall–Kier alpha value is -1.06. The molecule has 20 heavy (non-hydrogen) atoms. The van der Waals surface area contributed by atoms with Gasteiger partial charge in [0, 0.05) is 23.1 Å². The molecule has 2 radical (unpaired) electrons. The molecule has 0 bridgehead atoms. The zero-order chi connectivity index (χ0) is 13.7. The van der Waals surface area contributed by atoms with Gasteiger partial charge in [0.2, 0.25) is 0 Å². The highest BCUT2D eigenvalue weighted by Gasteiger charge is 2.44. The van der Waals surface area contributed by atoms with E-state index in [1.807, 2.05) is 6.07 Å². The Morgan fingerprint density at radius 1 is 0.950 bits per heavy atom. The van der Waals surface area contributed by atoms with Gasteiger partial charge in [0.05, 0.1) is 0 Å². The molecular weight excluding hydrogens is 311 g/mol. The van der Waals surface area contributed by atoms with Crippen LogP contribution < -0.4 is 5.46 Å². The highest BCUT2D eigenvalue weighted by atomic mass is 79.9. The lowest BCUT2D eigenvalue weighted by Gasteiger charge is -2.36. The van der Waals surface area contributed by atoms with Gasteiger partial charge in [-0.1, -0.05) is 45.7 Å². The van der Waals surface area contributed by atoms with Gasteiger partial charge in [-0.05, 0) is 47.2 Å². The number of benzene rings is 2. The van der Waals surface area contributed by atoms with E-state index in [4.69, 9.17) is 12.6 Å². The number of fused-ring (bicyclic) bond motifs is 5. The maximum absolute atomic E-state index is 6.05. The Bertz CT molecular complexity index is 636. The summed E-state index contributed by atoms with van der Waals surface area (Å²) in [6.07, 6.45) is 2.07. The van der Waals surface area contributed by atoms with Crippen molar-refractivity contribution in [2.45, 2.75) is 18.3 Å². The van der Waals surface area contributed by atoms with Gasteiger partial charge >= 0.3 is 0 Å². The molecule has 1 fully saturated rings. The third kappa shape index (κ3) is 1.66. The van der Waals surface area contributed by atoms with Crippen LogP contribution in [0.25, 0.3) is 11.1 Å². The van der Waals surface area contributed by atoms with Gasteiger partial charge in [0.1, 0.15) is 7.85 Å². The molecule has 0 aromatic heterocycles. The fraction of sp³-hybridized carbons (Fsp3) is 0.294. The monoisotopic (exact) mass is 324 g/mol. The predicted octanol–water partition coefficient (Wildman–Crippen LogP) is 3.32. The van der Waals surface area contributed by atoms with E-state index in [0.717, 1.165) is 36.0 Å². The van der Waals surface area contributed by atoms with E-state index in [1.54, 1.807) is 0 Å². The van der Waals surface area contributed by atoms with Crippen molar-refractivity contribution in [2.24, 2.45) is 0 Å². The second-order valence-electron chi connectivity index (χ2n) is 5.69. The third-order valence-electron chi connectivity index (χ3n) is 4.69. The zero-order valence-electron chi connectivity index (χ0n) is 11.2. The minimum Gasteiger partial charge on any atom is -0.381 e. The third-order valence-corrected chi connectivity index (χ3v) is 5.19. The van der Waals surface area contributed by atoms with Gasteiger partial charge in [-0.15, -0.1) is 0 Å². The van der Waals surface area contributed by atoms with Crippen molar-refractivity contribution in [1.82, 2.24) is 0 Å². The van der Waals surface area contributed by atoms with Crippen molar-refractivity contribution >= 4 is 29.2 Å². The van der Waals surface area contributed by atoms with Crippen molar-refractivity contribution in [2.75, 3.05) is 13.2 Å². The molecule has 4 rings (SSSR count). The quantitative estimate of drug-likeness (QED) is 0.675. The molecule has 98 valence electrons. The van der Waals surface area contributed by atoms with E-state index in [1.165, 1.54) is 22.3 Å². The first-order valence-corrected chi connectivity index (χ1v) is 7.78. The van der Waals surface area contributed by atoms with Gasteiger partial charge in [-0.2, -0.15) is 0 Å².